The van der Waals surface area contributed by atoms with Crippen molar-refractivity contribution < 1.29 is 0 Å². The molecule has 552 valence electrons. The maximum atomic E-state index is 12.4. The average molecular weight is 1550 g/mol. The molecular weight excluding hydrogens is 1500 g/mol. The van der Waals surface area contributed by atoms with E-state index in [1.165, 1.54) is 41.3 Å². The average Bonchev–Trinajstić information content (AvgIpc) is 1.21. The van der Waals surface area contributed by atoms with Crippen molar-refractivity contribution in [2.45, 2.75) is 13.8 Å². The van der Waals surface area contributed by atoms with E-state index in [-0.39, 0.29) is 21.7 Å². The van der Waals surface area contributed by atoms with Crippen LogP contribution in [0.1, 0.15) is 11.4 Å². The predicted octanol–water partition coefficient (Wildman–Crippen LogP) is 17.4. The van der Waals surface area contributed by atoms with Crippen molar-refractivity contribution in [1.82, 2.24) is 98.9 Å². The molecule has 4 N–H and O–H groups in total. The maximum absolute atomic E-state index is 12.4. The van der Waals surface area contributed by atoms with Crippen LogP contribution in [0.5, 0.6) is 0 Å². The molecule has 0 atom stereocenters. The number of halogens is 2. The van der Waals surface area contributed by atoms with Gasteiger partial charge in [-0.2, -0.15) is 20.4 Å². The van der Waals surface area contributed by atoms with Gasteiger partial charge in [-0.05, 0) is 133 Å². The second kappa shape index (κ2) is 30.3. The molecule has 20 rings (SSSR count). The number of H-pyrrole nitrogens is 4. The van der Waals surface area contributed by atoms with Crippen LogP contribution in [-0.2, 0) is 0 Å². The zero-order valence-corrected chi connectivity index (χ0v) is 61.9. The molecule has 16 aromatic heterocycles. The van der Waals surface area contributed by atoms with Crippen molar-refractivity contribution in [3.63, 3.8) is 0 Å². The van der Waals surface area contributed by atoms with Crippen LogP contribution >= 0.6 is 23.2 Å². The van der Waals surface area contributed by atoms with Crippen LogP contribution in [0.4, 0.5) is 22.7 Å². The summed E-state index contributed by atoms with van der Waals surface area (Å²) in [7, 11) is 0. The van der Waals surface area contributed by atoms with Gasteiger partial charge in [0.25, 0.3) is 0 Å². The number of fused-ring (bicyclic) bond motifs is 8. The molecule has 0 amide bonds. The summed E-state index contributed by atoms with van der Waals surface area (Å²) in [5.74, 6) is 2.04. The van der Waals surface area contributed by atoms with E-state index in [4.69, 9.17) is 49.5 Å². The van der Waals surface area contributed by atoms with Gasteiger partial charge in [0.05, 0.1) is 104 Å². The number of nitrogens with zero attached hydrogens (tertiary/aromatic N) is 20. The molecule has 0 aliphatic carbocycles. The highest BCUT2D eigenvalue weighted by Crippen LogP contribution is 2.38. The first-order chi connectivity index (χ1) is 56.5. The van der Waals surface area contributed by atoms with Gasteiger partial charge in [0.2, 0.25) is 22.7 Å². The number of hydrogen-bond donors (Lipinski definition) is 4. The summed E-state index contributed by atoms with van der Waals surface area (Å²) in [6.07, 6.45) is 22.6. The Bertz CT molecular complexity index is 7880. The highest BCUT2D eigenvalue weighted by Gasteiger charge is 2.22. The topological polar surface area (TPSA) is 323 Å². The van der Waals surface area contributed by atoms with Crippen molar-refractivity contribution in [2.24, 2.45) is 0 Å². The van der Waals surface area contributed by atoms with E-state index in [1.54, 1.807) is 127 Å². The third-order valence-electron chi connectivity index (χ3n) is 18.9. The Labute approximate surface area is 662 Å². The molecule has 0 aliphatic heterocycles. The van der Waals surface area contributed by atoms with E-state index >= 15 is 0 Å². The lowest BCUT2D eigenvalue weighted by Gasteiger charge is -2.12. The fourth-order valence-corrected chi connectivity index (χ4v) is 13.9. The number of nitrogens with one attached hydrogen (secondary N) is 4. The Hall–Kier alpha value is -16.7. The van der Waals surface area contributed by atoms with Gasteiger partial charge < -0.3 is 19.9 Å². The lowest BCUT2D eigenvalue weighted by molar-refractivity contribution is 0.838. The van der Waals surface area contributed by atoms with Gasteiger partial charge in [-0.25, -0.2) is 58.0 Å². The standard InChI is InChI=1S/C22H13ClN6O.C22H14N6O.C21H11ClN6O.C21H12N6O/c1-12-18(24-2)11-29(28-12)22-15(10-16-19(30)5-7-26-21(16)27-22)14-8-13-4-3-6-25-20(13)17(23)9-14;1-13-19(23-2)12-28(27-13)22-16(11-17-20(29)7-9-25-21(17)26-22)14-5-6-18-15(10-14)4-3-8-24-18;1-23-14-10-26-28(11-14)21-15(9-16-18(29)4-6-25-20(16)27-21)13-7-12-3-2-5-24-19(12)17(22)8-13;1-22-15-11-25-27(12-15)21-16(10-17-19(28)6-8-24-20(17)26-21)13-4-5-18-14(9-13)3-2-7-23-18/h3-11H,1H3,(H,26,27,30);3-12H,1H3,(H,25,26,29);2-11H,(H,25,27,29);2-12H,(H,24,26,28). The summed E-state index contributed by atoms with van der Waals surface area (Å²) in [6.45, 7) is 32.6. The zero-order valence-electron chi connectivity index (χ0n) is 60.4. The molecule has 28 nitrogen and oxygen atoms in total. The van der Waals surface area contributed by atoms with Crippen LogP contribution in [0.15, 0.2) is 264 Å². The number of aryl methyl sites for hydroxylation is 2. The van der Waals surface area contributed by atoms with E-state index in [0.717, 1.165) is 66.0 Å². The largest absolute Gasteiger partial charge is 0.346 e. The highest BCUT2D eigenvalue weighted by molar-refractivity contribution is 6.36. The SMILES string of the molecule is [C-]#[N+]c1cn(-c2nc3[nH]ccc(=O)c3cc2-c2cc(Cl)c3ncccc3c2)nc1C.[C-]#[N+]c1cn(-c2nc3[nH]ccc(=O)c3cc2-c2ccc3ncccc3c2)nc1C.[C-]#[N+]c1cnn(-c2nc3[nH]ccc(=O)c3cc2-c2cc(Cl)c3ncccc3c2)c1.[C-]#[N+]c1cnn(-c2nc3[nH]ccc(=O)c3cc2-c2ccc3ncccc3c2)c1. The predicted molar refractivity (Wildman–Crippen MR) is 445 cm³/mol. The quantitative estimate of drug-likeness (QED) is 0.103. The first-order valence-electron chi connectivity index (χ1n) is 35.2. The lowest BCUT2D eigenvalue weighted by Crippen LogP contribution is -2.07. The molecule has 0 radical (unpaired) electrons. The molecule has 0 saturated heterocycles. The molecule has 20 aromatic rings. The number of aromatic nitrogens is 20. The van der Waals surface area contributed by atoms with Crippen LogP contribution in [0.3, 0.4) is 0 Å². The van der Waals surface area contributed by atoms with Crippen LogP contribution in [0, 0.1) is 40.1 Å². The molecule has 0 aliphatic rings. The Morgan fingerprint density at radius 1 is 0.353 bits per heavy atom. The highest BCUT2D eigenvalue weighted by atomic mass is 35.5. The number of hydrogen-bond acceptors (Lipinski definition) is 16. The Morgan fingerprint density at radius 2 is 0.681 bits per heavy atom. The molecule has 16 heterocycles. The molecule has 0 fully saturated rings. The van der Waals surface area contributed by atoms with E-state index in [1.807, 2.05) is 109 Å². The first kappa shape index (κ1) is 72.2. The summed E-state index contributed by atoms with van der Waals surface area (Å²) in [5, 5.41) is 24.0. The molecule has 0 bridgehead atoms. The van der Waals surface area contributed by atoms with Gasteiger partial charge in [-0.1, -0.05) is 59.6 Å². The van der Waals surface area contributed by atoms with Crippen molar-refractivity contribution in [1.29, 1.82) is 0 Å². The Balaban J connectivity index is 0.000000111. The fourth-order valence-electron chi connectivity index (χ4n) is 13.3. The van der Waals surface area contributed by atoms with E-state index in [0.29, 0.717) is 134 Å². The summed E-state index contributed by atoms with van der Waals surface area (Å²) in [5.41, 5.74) is 13.5. The molecule has 0 unspecified atom stereocenters. The summed E-state index contributed by atoms with van der Waals surface area (Å²) >= 11 is 13.0. The number of aromatic amines is 4. The van der Waals surface area contributed by atoms with Crippen LogP contribution in [-0.4, -0.2) is 98.9 Å². The van der Waals surface area contributed by atoms with E-state index in [9.17, 15) is 19.2 Å². The number of pyridine rings is 12. The summed E-state index contributed by atoms with van der Waals surface area (Å²) in [4.78, 5) is 111. The Kier molecular flexibility index (Phi) is 18.9. The zero-order chi connectivity index (χ0) is 79.8. The van der Waals surface area contributed by atoms with Crippen molar-refractivity contribution in [3.05, 3.63) is 352 Å². The summed E-state index contributed by atoms with van der Waals surface area (Å²) < 4.78 is 6.23. The van der Waals surface area contributed by atoms with Crippen molar-refractivity contribution >= 4 is 134 Å². The van der Waals surface area contributed by atoms with Gasteiger partial charge >= 0.3 is 0 Å². The van der Waals surface area contributed by atoms with Crippen LogP contribution in [0.2, 0.25) is 10.0 Å². The lowest BCUT2D eigenvalue weighted by atomic mass is 10.0. The van der Waals surface area contributed by atoms with E-state index < -0.39 is 0 Å². The van der Waals surface area contributed by atoms with Gasteiger partial charge in [0.1, 0.15) is 22.6 Å². The van der Waals surface area contributed by atoms with Crippen molar-refractivity contribution in [3.8, 4) is 67.8 Å². The van der Waals surface area contributed by atoms with E-state index in [2.05, 4.69) is 99.6 Å². The Morgan fingerprint density at radius 3 is 1.02 bits per heavy atom. The van der Waals surface area contributed by atoms with Crippen LogP contribution < -0.4 is 21.7 Å². The van der Waals surface area contributed by atoms with Gasteiger partial charge in [0.15, 0.2) is 45.0 Å². The van der Waals surface area contributed by atoms with Crippen LogP contribution in [0.25, 0.3) is 175 Å². The summed E-state index contributed by atoms with van der Waals surface area (Å²) in [6, 6.07) is 47.6. The smallest absolute Gasteiger partial charge is 0.227 e. The third-order valence-corrected chi connectivity index (χ3v) is 19.5. The monoisotopic (exact) mass is 1550 g/mol. The van der Waals surface area contributed by atoms with Crippen molar-refractivity contribution in [2.75, 3.05) is 0 Å². The molecule has 30 heteroatoms. The minimum atomic E-state index is -0.144. The first-order valence-corrected chi connectivity index (χ1v) is 35.9. The molecule has 0 spiro atoms. The number of benzene rings is 4. The number of rotatable bonds is 8. The maximum Gasteiger partial charge on any atom is 0.227 e. The normalized spacial score (nSPS) is 11.0. The molecule has 0 saturated carbocycles. The molecule has 4 aromatic carbocycles. The molecule has 116 heavy (non-hydrogen) atoms. The van der Waals surface area contributed by atoms with Gasteiger partial charge in [0, 0.05) is 142 Å². The second-order valence-electron chi connectivity index (χ2n) is 26.1. The minimum absolute atomic E-state index is 0.111. The van der Waals surface area contributed by atoms with Gasteiger partial charge in [-0.15, -0.1) is 0 Å². The fraction of sp³-hybridized carbons (Fsp3) is 0.0233. The minimum Gasteiger partial charge on any atom is -0.346 e. The van der Waals surface area contributed by atoms with Gasteiger partial charge in [-0.3, -0.25) is 39.1 Å². The molecular formula is C86H50Cl2N24O4. The third kappa shape index (κ3) is 13.9. The second-order valence-corrected chi connectivity index (χ2v) is 26.9.